The third kappa shape index (κ3) is 9.57. The molecule has 2 aliphatic heterocycles. The molecule has 286 valence electrons. The Hall–Kier alpha value is -4.43. The molecule has 14 heteroatoms. The van der Waals surface area contributed by atoms with Crippen molar-refractivity contribution in [3.8, 4) is 34.2 Å². The van der Waals surface area contributed by atoms with E-state index in [9.17, 15) is 9.59 Å². The smallest absolute Gasteiger partial charge is 0.410 e. The molecule has 1 aromatic carbocycles. The Bertz CT molecular complexity index is 1880. The normalized spacial score (nSPS) is 18.2. The van der Waals surface area contributed by atoms with Crippen molar-refractivity contribution >= 4 is 20.3 Å². The largest absolute Gasteiger partial charge is 0.444 e. The van der Waals surface area contributed by atoms with E-state index in [4.69, 9.17) is 23.6 Å². The molecular formula is C39H55N7O6Si. The maximum atomic E-state index is 13.2. The number of H-pyrrole nitrogens is 1. The van der Waals surface area contributed by atoms with E-state index in [0.29, 0.717) is 43.8 Å². The minimum atomic E-state index is -1.27. The van der Waals surface area contributed by atoms with Crippen LogP contribution < -0.4 is 0 Å². The Labute approximate surface area is 313 Å². The van der Waals surface area contributed by atoms with Gasteiger partial charge in [-0.25, -0.2) is 24.5 Å². The first kappa shape index (κ1) is 38.3. The first-order valence-electron chi connectivity index (χ1n) is 18.7. The van der Waals surface area contributed by atoms with Crippen LogP contribution in [0.5, 0.6) is 0 Å². The summed E-state index contributed by atoms with van der Waals surface area (Å²) in [6.45, 7) is 20.5. The number of hydrogen-bond donors (Lipinski definition) is 1. The molecule has 0 bridgehead atoms. The Morgan fingerprint density at radius 2 is 1.47 bits per heavy atom. The third-order valence-electron chi connectivity index (χ3n) is 9.21. The maximum absolute atomic E-state index is 13.2. The molecule has 0 radical (unpaired) electrons. The number of nitrogens with one attached hydrogen (secondary N) is 1. The van der Waals surface area contributed by atoms with Crippen LogP contribution in [0.25, 0.3) is 34.2 Å². The zero-order valence-corrected chi connectivity index (χ0v) is 33.7. The van der Waals surface area contributed by atoms with Crippen molar-refractivity contribution in [3.05, 3.63) is 54.5 Å². The van der Waals surface area contributed by atoms with Gasteiger partial charge in [0.25, 0.3) is 0 Å². The highest BCUT2D eigenvalue weighted by atomic mass is 28.3. The molecule has 6 rings (SSSR count). The van der Waals surface area contributed by atoms with Crippen molar-refractivity contribution in [2.45, 2.75) is 123 Å². The van der Waals surface area contributed by atoms with Gasteiger partial charge < -0.3 is 28.2 Å². The van der Waals surface area contributed by atoms with Gasteiger partial charge in [-0.15, -0.1) is 0 Å². The van der Waals surface area contributed by atoms with Crippen LogP contribution in [0.15, 0.2) is 47.3 Å². The summed E-state index contributed by atoms with van der Waals surface area (Å²) in [5, 5.41) is 0. The summed E-state index contributed by atoms with van der Waals surface area (Å²) in [7, 11) is -1.27. The van der Waals surface area contributed by atoms with E-state index in [1.165, 1.54) is 0 Å². The van der Waals surface area contributed by atoms with Gasteiger partial charge in [-0.05, 0) is 78.8 Å². The van der Waals surface area contributed by atoms with E-state index in [2.05, 4.69) is 34.6 Å². The SMILES string of the molecule is CC(C)(C)OC(=O)N1CCC[C@H]1c1ncc(-c2ccc(-c3cnc(-c4cn(COCC[Si](C)(C)C)c([C@@H]5CCCN5C(=O)OC(C)(C)C)n4)o3)cc2)[nH]1. The molecule has 4 aromatic rings. The van der Waals surface area contributed by atoms with Gasteiger partial charge in [0.1, 0.15) is 35.3 Å². The van der Waals surface area contributed by atoms with E-state index in [-0.39, 0.29) is 24.3 Å². The van der Waals surface area contributed by atoms with Crippen molar-refractivity contribution in [3.63, 3.8) is 0 Å². The highest BCUT2D eigenvalue weighted by molar-refractivity contribution is 6.76. The van der Waals surface area contributed by atoms with Gasteiger partial charge in [-0.2, -0.15) is 0 Å². The lowest BCUT2D eigenvalue weighted by Gasteiger charge is -2.28. The van der Waals surface area contributed by atoms with Crippen molar-refractivity contribution in [1.82, 2.24) is 34.3 Å². The van der Waals surface area contributed by atoms with Crippen LogP contribution in [0.2, 0.25) is 25.7 Å². The average molecular weight is 746 g/mol. The van der Waals surface area contributed by atoms with Gasteiger partial charge >= 0.3 is 12.2 Å². The molecule has 53 heavy (non-hydrogen) atoms. The highest BCUT2D eigenvalue weighted by Crippen LogP contribution is 2.36. The summed E-state index contributed by atoms with van der Waals surface area (Å²) in [4.78, 5) is 47.3. The Morgan fingerprint density at radius 3 is 2.09 bits per heavy atom. The molecule has 0 unspecified atom stereocenters. The summed E-state index contributed by atoms with van der Waals surface area (Å²) in [6, 6.07) is 8.62. The molecule has 2 aliphatic rings. The highest BCUT2D eigenvalue weighted by Gasteiger charge is 2.37. The first-order chi connectivity index (χ1) is 24.9. The van der Waals surface area contributed by atoms with E-state index < -0.39 is 19.3 Å². The second kappa shape index (κ2) is 15.1. The van der Waals surface area contributed by atoms with Crippen LogP contribution in [-0.4, -0.2) is 85.5 Å². The number of hydrogen-bond acceptors (Lipinski definition) is 9. The average Bonchev–Trinajstić information content (AvgIpc) is 3.90. The topological polar surface area (TPSA) is 141 Å². The number of aromatic nitrogens is 5. The number of imidazole rings is 2. The molecule has 5 heterocycles. The molecular weight excluding hydrogens is 691 g/mol. The van der Waals surface area contributed by atoms with Crippen LogP contribution in [0.1, 0.15) is 91.0 Å². The number of rotatable bonds is 10. The lowest BCUT2D eigenvalue weighted by Crippen LogP contribution is -2.37. The Morgan fingerprint density at radius 1 is 0.868 bits per heavy atom. The van der Waals surface area contributed by atoms with Crippen molar-refractivity contribution in [1.29, 1.82) is 0 Å². The summed E-state index contributed by atoms with van der Waals surface area (Å²) in [6.07, 6.45) is 8.10. The quantitative estimate of drug-likeness (QED) is 0.124. The number of amides is 2. The molecule has 1 N–H and O–H groups in total. The van der Waals surface area contributed by atoms with Crippen LogP contribution in [0.3, 0.4) is 0 Å². The number of oxazole rings is 1. The number of aromatic amines is 1. The van der Waals surface area contributed by atoms with E-state index in [0.717, 1.165) is 60.2 Å². The van der Waals surface area contributed by atoms with Crippen LogP contribution >= 0.6 is 0 Å². The molecule has 2 saturated heterocycles. The Kier molecular flexibility index (Phi) is 10.9. The summed E-state index contributed by atoms with van der Waals surface area (Å²) < 4.78 is 25.8. The molecule has 13 nitrogen and oxygen atoms in total. The predicted octanol–water partition coefficient (Wildman–Crippen LogP) is 9.05. The fraction of sp³-hybridized carbons (Fsp3) is 0.564. The molecule has 2 amide bonds. The zero-order valence-electron chi connectivity index (χ0n) is 32.7. The number of ether oxygens (including phenoxy) is 3. The second-order valence-electron chi connectivity index (χ2n) is 17.3. The van der Waals surface area contributed by atoms with Gasteiger partial charge in [0.2, 0.25) is 5.89 Å². The lowest BCUT2D eigenvalue weighted by molar-refractivity contribution is 0.0199. The predicted molar refractivity (Wildman–Crippen MR) is 205 cm³/mol. The minimum Gasteiger partial charge on any atom is -0.444 e. The van der Waals surface area contributed by atoms with Gasteiger partial charge in [-0.3, -0.25) is 9.80 Å². The minimum absolute atomic E-state index is 0.153. The monoisotopic (exact) mass is 745 g/mol. The van der Waals surface area contributed by atoms with E-state index in [1.54, 1.807) is 22.2 Å². The molecule has 0 aliphatic carbocycles. The van der Waals surface area contributed by atoms with Gasteiger partial charge in [0, 0.05) is 39.5 Å². The first-order valence-corrected chi connectivity index (χ1v) is 22.4. The van der Waals surface area contributed by atoms with Crippen molar-refractivity contribution < 1.29 is 28.2 Å². The van der Waals surface area contributed by atoms with Crippen molar-refractivity contribution in [2.24, 2.45) is 0 Å². The number of likely N-dealkylation sites (tertiary alicyclic amines) is 2. The number of carbonyl (C=O) groups is 2. The fourth-order valence-corrected chi connectivity index (χ4v) is 7.36. The van der Waals surface area contributed by atoms with Crippen LogP contribution in [0, 0.1) is 0 Å². The maximum Gasteiger partial charge on any atom is 0.410 e. The molecule has 0 spiro atoms. The third-order valence-corrected chi connectivity index (χ3v) is 10.9. The van der Waals surface area contributed by atoms with Gasteiger partial charge in [0.15, 0.2) is 5.76 Å². The standard InChI is InChI=1S/C39H55N7O6Si/c1-38(2,3)51-36(47)45-18-10-12-30(45)33-40-22-28(42-33)26-14-16-27(17-15-26)32-23-41-35(50-32)29-24-44(25-49-20-21-53(7,8)9)34(43-29)31-13-11-19-46(31)37(48)52-39(4,5)6/h14-17,22-24,30-31H,10-13,18-21,25H2,1-9H3,(H,40,42)/t30-,31-/m0/s1. The molecule has 2 atom stereocenters. The van der Waals surface area contributed by atoms with Gasteiger partial charge in [0.05, 0.1) is 30.2 Å². The number of benzene rings is 1. The fourth-order valence-electron chi connectivity index (χ4n) is 6.60. The van der Waals surface area contributed by atoms with Gasteiger partial charge in [-0.1, -0.05) is 43.9 Å². The second-order valence-corrected chi connectivity index (χ2v) is 22.9. The zero-order chi connectivity index (χ0) is 38.1. The number of carbonyl (C=O) groups excluding carboxylic acids is 2. The van der Waals surface area contributed by atoms with Crippen molar-refractivity contribution in [2.75, 3.05) is 19.7 Å². The summed E-state index contributed by atoms with van der Waals surface area (Å²) in [5.74, 6) is 2.47. The van der Waals surface area contributed by atoms with Crippen LogP contribution in [0.4, 0.5) is 9.59 Å². The molecule has 0 saturated carbocycles. The molecule has 2 fully saturated rings. The Balaban J connectivity index is 1.18. The van der Waals surface area contributed by atoms with E-state index in [1.807, 2.05) is 76.6 Å². The molecule has 3 aromatic heterocycles. The lowest BCUT2D eigenvalue weighted by atomic mass is 10.1. The van der Waals surface area contributed by atoms with Crippen LogP contribution in [-0.2, 0) is 20.9 Å². The summed E-state index contributed by atoms with van der Waals surface area (Å²) >= 11 is 0. The number of nitrogens with zero attached hydrogens (tertiary/aromatic N) is 6. The van der Waals surface area contributed by atoms with E-state index >= 15 is 0 Å². The summed E-state index contributed by atoms with van der Waals surface area (Å²) in [5.41, 5.74) is 2.10.